The van der Waals surface area contributed by atoms with Gasteiger partial charge in [0.15, 0.2) is 0 Å². The lowest BCUT2D eigenvalue weighted by atomic mass is 9.71. The van der Waals surface area contributed by atoms with Gasteiger partial charge in [-0.1, -0.05) is 140 Å². The van der Waals surface area contributed by atoms with Crippen molar-refractivity contribution < 1.29 is 0 Å². The van der Waals surface area contributed by atoms with E-state index in [-0.39, 0.29) is 0 Å². The Hall–Kier alpha value is -2.60. The zero-order valence-electron chi connectivity index (χ0n) is 27.6. The zero-order valence-corrected chi connectivity index (χ0v) is 27.6. The summed E-state index contributed by atoms with van der Waals surface area (Å²) in [5.74, 6) is 0. The Labute approximate surface area is 248 Å². The Morgan fingerprint density at radius 1 is 0.675 bits per heavy atom. The zero-order chi connectivity index (χ0) is 29.8. The van der Waals surface area contributed by atoms with E-state index in [9.17, 15) is 0 Å². The Bertz CT molecular complexity index is 1170. The van der Waals surface area contributed by atoms with E-state index in [4.69, 9.17) is 0 Å². The van der Waals surface area contributed by atoms with Crippen molar-refractivity contribution in [2.45, 2.75) is 121 Å². The van der Waals surface area contributed by atoms with Gasteiger partial charge in [-0.2, -0.15) is 0 Å². The smallest absolute Gasteiger partial charge is 0.0104 e. The third-order valence-electron chi connectivity index (χ3n) is 8.76. The maximum Gasteiger partial charge on any atom is -0.0104 e. The molecule has 0 aromatic rings. The first kappa shape index (κ1) is 33.6. The molecule has 0 N–H and O–H groups in total. The first-order valence-electron chi connectivity index (χ1n) is 15.6. The lowest BCUT2D eigenvalue weighted by Gasteiger charge is -2.34. The van der Waals surface area contributed by atoms with Crippen molar-refractivity contribution in [1.29, 1.82) is 0 Å². The number of allylic oxidation sites excluding steroid dienone is 20. The molecular formula is C40H58. The molecule has 0 radical (unpaired) electrons. The molecule has 0 nitrogen and oxygen atoms in total. The molecule has 0 aromatic heterocycles. The molecule has 2 rings (SSSR count). The largest absolute Gasteiger partial charge is 0.0805 e. The Kier molecular flexibility index (Phi) is 13.4. The Morgan fingerprint density at radius 3 is 1.93 bits per heavy atom. The van der Waals surface area contributed by atoms with E-state index in [0.717, 1.165) is 12.8 Å². The fourth-order valence-corrected chi connectivity index (χ4v) is 6.05. The van der Waals surface area contributed by atoms with Gasteiger partial charge in [0.2, 0.25) is 0 Å². The van der Waals surface area contributed by atoms with E-state index >= 15 is 0 Å². The van der Waals surface area contributed by atoms with Crippen LogP contribution in [0.5, 0.6) is 0 Å². The average Bonchev–Trinajstić information content (AvgIpc) is 2.85. The second-order valence-electron chi connectivity index (χ2n) is 13.6. The molecule has 0 heterocycles. The molecule has 0 spiro atoms. The molecule has 0 heteroatoms. The van der Waals surface area contributed by atoms with Gasteiger partial charge in [-0.25, -0.2) is 0 Å². The van der Waals surface area contributed by atoms with Gasteiger partial charge in [0.25, 0.3) is 0 Å². The van der Waals surface area contributed by atoms with Gasteiger partial charge in [0.1, 0.15) is 0 Å². The van der Waals surface area contributed by atoms with E-state index in [0.29, 0.717) is 10.8 Å². The van der Waals surface area contributed by atoms with Gasteiger partial charge in [0.05, 0.1) is 0 Å². The minimum absolute atomic E-state index is 0.295. The number of rotatable bonds is 11. The van der Waals surface area contributed by atoms with Crippen molar-refractivity contribution in [1.82, 2.24) is 0 Å². The molecule has 0 aromatic carbocycles. The molecule has 0 saturated heterocycles. The normalized spacial score (nSPS) is 21.8. The summed E-state index contributed by atoms with van der Waals surface area (Å²) in [4.78, 5) is 0. The summed E-state index contributed by atoms with van der Waals surface area (Å²) in [6, 6.07) is 0. The molecule has 0 saturated carbocycles. The molecule has 2 aliphatic rings. The minimum atomic E-state index is 0.295. The van der Waals surface area contributed by atoms with Gasteiger partial charge in [-0.05, 0) is 109 Å². The first-order valence-corrected chi connectivity index (χ1v) is 15.6. The van der Waals surface area contributed by atoms with Gasteiger partial charge in [-0.15, -0.1) is 0 Å². The lowest BCUT2D eigenvalue weighted by molar-refractivity contribution is 0.360. The summed E-state index contributed by atoms with van der Waals surface area (Å²) in [7, 11) is 0. The molecule has 0 aliphatic heterocycles. The van der Waals surface area contributed by atoms with Crippen LogP contribution in [0, 0.1) is 10.8 Å². The van der Waals surface area contributed by atoms with Crippen LogP contribution in [0.1, 0.15) is 121 Å². The van der Waals surface area contributed by atoms with Gasteiger partial charge < -0.3 is 0 Å². The summed E-state index contributed by atoms with van der Waals surface area (Å²) in [5.41, 5.74) is 12.2. The highest BCUT2D eigenvalue weighted by atomic mass is 14.3. The molecular weight excluding hydrogens is 480 g/mol. The van der Waals surface area contributed by atoms with E-state index in [1.165, 1.54) is 66.4 Å². The molecule has 2 aliphatic carbocycles. The van der Waals surface area contributed by atoms with Crippen LogP contribution in [-0.4, -0.2) is 0 Å². The Morgan fingerprint density at radius 2 is 1.25 bits per heavy atom. The van der Waals surface area contributed by atoms with Gasteiger partial charge in [0, 0.05) is 0 Å². The van der Waals surface area contributed by atoms with Crippen LogP contribution in [0.15, 0.2) is 117 Å². The van der Waals surface area contributed by atoms with Gasteiger partial charge in [-0.3, -0.25) is 0 Å². The van der Waals surface area contributed by atoms with Crippen molar-refractivity contribution in [3.05, 3.63) is 117 Å². The highest BCUT2D eigenvalue weighted by Gasteiger charge is 2.27. The number of hydrogen-bond donors (Lipinski definition) is 0. The third kappa shape index (κ3) is 11.5. The predicted molar refractivity (Wildman–Crippen MR) is 181 cm³/mol. The molecule has 0 amide bonds. The first-order chi connectivity index (χ1) is 18.8. The highest BCUT2D eigenvalue weighted by Crippen LogP contribution is 2.42. The second-order valence-corrected chi connectivity index (χ2v) is 13.6. The molecule has 0 unspecified atom stereocenters. The standard InChI is InChI=1S/C40H58/c1-31(19-13-21-33(3)25-27-37-35(5)23-15-29-39(37,7)8)17-11-12-18-32(2)20-14-22-34(4)26-28-38-36(6)24-16-30-40(38,9)10/h11-14,17,19-22,25-27H,15-16,18,23-24,28-30H2,1-10H3/b12-11+,19-13+,22-14+,27-25+,31-17+,32-20+,33-21+,34-26+. The maximum absolute atomic E-state index is 2.41. The number of hydrogen-bond acceptors (Lipinski definition) is 0. The predicted octanol–water partition coefficient (Wildman–Crippen LogP) is 12.8. The van der Waals surface area contributed by atoms with Crippen molar-refractivity contribution in [2.24, 2.45) is 10.8 Å². The van der Waals surface area contributed by atoms with Crippen LogP contribution in [0.25, 0.3) is 0 Å². The fourth-order valence-electron chi connectivity index (χ4n) is 6.05. The Balaban J connectivity index is 1.83. The van der Waals surface area contributed by atoms with Crippen LogP contribution in [0.4, 0.5) is 0 Å². The van der Waals surface area contributed by atoms with Crippen molar-refractivity contribution in [3.63, 3.8) is 0 Å². The van der Waals surface area contributed by atoms with E-state index in [1.807, 2.05) is 0 Å². The monoisotopic (exact) mass is 538 g/mol. The molecule has 218 valence electrons. The van der Waals surface area contributed by atoms with Crippen molar-refractivity contribution in [3.8, 4) is 0 Å². The maximum atomic E-state index is 2.41. The fraction of sp³-hybridized carbons (Fsp3) is 0.500. The summed E-state index contributed by atoms with van der Waals surface area (Å²) < 4.78 is 0. The third-order valence-corrected chi connectivity index (χ3v) is 8.76. The van der Waals surface area contributed by atoms with Crippen LogP contribution in [0.3, 0.4) is 0 Å². The summed E-state index contributed by atoms with van der Waals surface area (Å²) >= 11 is 0. The van der Waals surface area contributed by atoms with Crippen molar-refractivity contribution >= 4 is 0 Å². The lowest BCUT2D eigenvalue weighted by Crippen LogP contribution is -2.20. The molecule has 0 atom stereocenters. The van der Waals surface area contributed by atoms with Crippen LogP contribution in [-0.2, 0) is 0 Å². The van der Waals surface area contributed by atoms with E-state index in [1.54, 1.807) is 16.7 Å². The second kappa shape index (κ2) is 16.0. The van der Waals surface area contributed by atoms with Gasteiger partial charge >= 0.3 is 0 Å². The molecule has 0 fully saturated rings. The quantitative estimate of drug-likeness (QED) is 0.181. The van der Waals surface area contributed by atoms with Crippen LogP contribution in [0.2, 0.25) is 0 Å². The SMILES string of the molecule is CC1=C(/C=C/C(C)=C/C=C/C(C)=C/C=C/C/C(C)=C/C=C/C(C)=C/CC2=C(C)CCCC2(C)C)C(C)(C)CCC1. The molecule has 40 heavy (non-hydrogen) atoms. The van der Waals surface area contributed by atoms with Crippen LogP contribution < -0.4 is 0 Å². The van der Waals surface area contributed by atoms with E-state index in [2.05, 4.69) is 142 Å². The minimum Gasteiger partial charge on any atom is -0.0805 e. The summed E-state index contributed by atoms with van der Waals surface area (Å²) in [6.45, 7) is 23.0. The van der Waals surface area contributed by atoms with Crippen molar-refractivity contribution in [2.75, 3.05) is 0 Å². The van der Waals surface area contributed by atoms with E-state index < -0.39 is 0 Å². The highest BCUT2D eigenvalue weighted by molar-refractivity contribution is 5.37. The topological polar surface area (TPSA) is 0 Å². The summed E-state index contributed by atoms with van der Waals surface area (Å²) in [6.07, 6.45) is 36.6. The summed E-state index contributed by atoms with van der Waals surface area (Å²) in [5, 5.41) is 0. The van der Waals surface area contributed by atoms with Crippen LogP contribution >= 0.6 is 0 Å². The average molecular weight is 539 g/mol. The molecule has 0 bridgehead atoms.